The highest BCUT2D eigenvalue weighted by Gasteiger charge is 2.25. The molecule has 0 amide bonds. The Morgan fingerprint density at radius 2 is 2.25 bits per heavy atom. The number of hydrogen-bond acceptors (Lipinski definition) is 2. The Hall–Kier alpha value is -0.830. The quantitative estimate of drug-likeness (QED) is 0.830. The lowest BCUT2D eigenvalue weighted by Gasteiger charge is -2.26. The van der Waals surface area contributed by atoms with E-state index >= 15 is 0 Å². The van der Waals surface area contributed by atoms with Crippen molar-refractivity contribution in [3.63, 3.8) is 0 Å². The van der Waals surface area contributed by atoms with Crippen molar-refractivity contribution in [3.8, 4) is 0 Å². The molecule has 16 heavy (non-hydrogen) atoms. The molecule has 1 aliphatic carbocycles. The Labute approximate surface area is 98.1 Å². The second-order valence-corrected chi connectivity index (χ2v) is 5.11. The summed E-state index contributed by atoms with van der Waals surface area (Å²) in [6, 6.07) is 0.523. The van der Waals surface area contributed by atoms with Crippen LogP contribution in [0.1, 0.15) is 63.0 Å². The number of aromatic nitrogens is 2. The molecular weight excluding hydrogens is 198 g/mol. The molecule has 1 heterocycles. The van der Waals surface area contributed by atoms with E-state index in [2.05, 4.69) is 24.6 Å². The maximum Gasteiger partial charge on any atom is 0.112 e. The molecular formula is C13H23N3. The van der Waals surface area contributed by atoms with E-state index in [1.165, 1.54) is 30.8 Å². The van der Waals surface area contributed by atoms with Crippen LogP contribution < -0.4 is 5.73 Å². The fraction of sp³-hybridized carbons (Fsp3) is 0.769. The Kier molecular flexibility index (Phi) is 3.64. The average molecular weight is 221 g/mol. The van der Waals surface area contributed by atoms with Gasteiger partial charge in [0.2, 0.25) is 0 Å². The molecule has 0 unspecified atom stereocenters. The summed E-state index contributed by atoms with van der Waals surface area (Å²) >= 11 is 0. The summed E-state index contributed by atoms with van der Waals surface area (Å²) < 4.78 is 2.36. The first-order chi connectivity index (χ1) is 7.72. The summed E-state index contributed by atoms with van der Waals surface area (Å²) in [4.78, 5) is 4.80. The lowest BCUT2D eigenvalue weighted by molar-refractivity contribution is 0.378. The standard InChI is InChI=1S/C13H23N3/c1-10(2)16-9-12(7-4-8-14)15-13(16)11-5-3-6-11/h9-11H,3-8,14H2,1-2H3. The fourth-order valence-corrected chi connectivity index (χ4v) is 2.25. The van der Waals surface area contributed by atoms with E-state index in [9.17, 15) is 0 Å². The van der Waals surface area contributed by atoms with E-state index in [4.69, 9.17) is 10.7 Å². The van der Waals surface area contributed by atoms with Crippen molar-refractivity contribution < 1.29 is 0 Å². The van der Waals surface area contributed by atoms with Crippen LogP contribution in [0.15, 0.2) is 6.20 Å². The first-order valence-electron chi connectivity index (χ1n) is 6.50. The van der Waals surface area contributed by atoms with E-state index < -0.39 is 0 Å². The summed E-state index contributed by atoms with van der Waals surface area (Å²) in [5, 5.41) is 0. The smallest absolute Gasteiger partial charge is 0.112 e. The Morgan fingerprint density at radius 3 is 2.75 bits per heavy atom. The SMILES string of the molecule is CC(C)n1cc(CCCN)nc1C1CCC1. The Morgan fingerprint density at radius 1 is 1.50 bits per heavy atom. The largest absolute Gasteiger partial charge is 0.332 e. The van der Waals surface area contributed by atoms with Gasteiger partial charge in [0.05, 0.1) is 5.69 Å². The van der Waals surface area contributed by atoms with Crippen LogP contribution in [0, 0.1) is 0 Å². The van der Waals surface area contributed by atoms with Gasteiger partial charge in [0.15, 0.2) is 0 Å². The predicted molar refractivity (Wildman–Crippen MR) is 66.6 cm³/mol. The van der Waals surface area contributed by atoms with Crippen LogP contribution in [-0.4, -0.2) is 16.1 Å². The summed E-state index contributed by atoms with van der Waals surface area (Å²) in [6.07, 6.45) is 8.30. The van der Waals surface area contributed by atoms with Gasteiger partial charge in [-0.1, -0.05) is 6.42 Å². The molecule has 0 aromatic carbocycles. The van der Waals surface area contributed by atoms with Crippen molar-refractivity contribution in [1.82, 2.24) is 9.55 Å². The van der Waals surface area contributed by atoms with Gasteiger partial charge >= 0.3 is 0 Å². The van der Waals surface area contributed by atoms with Crippen LogP contribution in [0.3, 0.4) is 0 Å². The number of aryl methyl sites for hydroxylation is 1. The van der Waals surface area contributed by atoms with E-state index in [0.29, 0.717) is 12.0 Å². The average Bonchev–Trinajstić information content (AvgIpc) is 2.56. The topological polar surface area (TPSA) is 43.8 Å². The molecule has 0 radical (unpaired) electrons. The molecule has 3 heteroatoms. The number of nitrogens with two attached hydrogens (primary N) is 1. The first kappa shape index (κ1) is 11.6. The number of imidazole rings is 1. The second kappa shape index (κ2) is 5.00. The molecule has 0 saturated heterocycles. The highest BCUT2D eigenvalue weighted by atomic mass is 15.1. The van der Waals surface area contributed by atoms with Crippen LogP contribution >= 0.6 is 0 Å². The first-order valence-corrected chi connectivity index (χ1v) is 6.50. The van der Waals surface area contributed by atoms with Crippen molar-refractivity contribution in [2.45, 2.75) is 57.9 Å². The molecule has 2 N–H and O–H groups in total. The van der Waals surface area contributed by atoms with Gasteiger partial charge in [-0.05, 0) is 46.1 Å². The van der Waals surface area contributed by atoms with Gasteiger partial charge in [0.25, 0.3) is 0 Å². The van der Waals surface area contributed by atoms with Crippen molar-refractivity contribution in [3.05, 3.63) is 17.7 Å². The number of hydrogen-bond donors (Lipinski definition) is 1. The molecule has 2 rings (SSSR count). The predicted octanol–water partition coefficient (Wildman–Crippen LogP) is 2.62. The molecule has 0 aliphatic heterocycles. The van der Waals surface area contributed by atoms with E-state index in [-0.39, 0.29) is 0 Å². The van der Waals surface area contributed by atoms with Crippen LogP contribution in [0.5, 0.6) is 0 Å². The molecule has 0 bridgehead atoms. The third-order valence-corrected chi connectivity index (χ3v) is 3.47. The Balaban J connectivity index is 2.16. The van der Waals surface area contributed by atoms with Crippen LogP contribution in [0.25, 0.3) is 0 Å². The highest BCUT2D eigenvalue weighted by molar-refractivity contribution is 5.12. The van der Waals surface area contributed by atoms with Crippen LogP contribution in [-0.2, 0) is 6.42 Å². The van der Waals surface area contributed by atoms with Gasteiger partial charge in [-0.25, -0.2) is 4.98 Å². The van der Waals surface area contributed by atoms with Crippen LogP contribution in [0.4, 0.5) is 0 Å². The molecule has 1 fully saturated rings. The van der Waals surface area contributed by atoms with Gasteiger partial charge < -0.3 is 10.3 Å². The van der Waals surface area contributed by atoms with E-state index in [1.807, 2.05) is 0 Å². The van der Waals surface area contributed by atoms with Crippen molar-refractivity contribution in [1.29, 1.82) is 0 Å². The molecule has 0 atom stereocenters. The molecule has 1 aromatic heterocycles. The maximum atomic E-state index is 5.54. The second-order valence-electron chi connectivity index (χ2n) is 5.11. The summed E-state index contributed by atoms with van der Waals surface area (Å²) in [5.41, 5.74) is 6.77. The molecule has 0 spiro atoms. The van der Waals surface area contributed by atoms with Crippen molar-refractivity contribution in [2.24, 2.45) is 5.73 Å². The van der Waals surface area contributed by atoms with Gasteiger partial charge in [-0.15, -0.1) is 0 Å². The van der Waals surface area contributed by atoms with Gasteiger partial charge in [-0.3, -0.25) is 0 Å². The molecule has 90 valence electrons. The summed E-state index contributed by atoms with van der Waals surface area (Å²) in [6.45, 7) is 5.22. The van der Waals surface area contributed by atoms with Gasteiger partial charge in [0, 0.05) is 18.2 Å². The fourth-order valence-electron chi connectivity index (χ4n) is 2.25. The Bertz CT molecular complexity index is 337. The molecule has 1 saturated carbocycles. The van der Waals surface area contributed by atoms with Crippen molar-refractivity contribution in [2.75, 3.05) is 6.54 Å². The van der Waals surface area contributed by atoms with Gasteiger partial charge in [-0.2, -0.15) is 0 Å². The molecule has 1 aliphatic rings. The van der Waals surface area contributed by atoms with E-state index in [0.717, 1.165) is 19.4 Å². The zero-order valence-electron chi connectivity index (χ0n) is 10.4. The van der Waals surface area contributed by atoms with Gasteiger partial charge in [0.1, 0.15) is 5.82 Å². The van der Waals surface area contributed by atoms with Crippen molar-refractivity contribution >= 4 is 0 Å². The maximum absolute atomic E-state index is 5.54. The third-order valence-electron chi connectivity index (χ3n) is 3.47. The zero-order chi connectivity index (χ0) is 11.5. The lowest BCUT2D eigenvalue weighted by Crippen LogP contribution is -2.16. The minimum absolute atomic E-state index is 0.523. The number of rotatable bonds is 5. The minimum Gasteiger partial charge on any atom is -0.332 e. The van der Waals surface area contributed by atoms with E-state index in [1.54, 1.807) is 0 Å². The molecule has 1 aromatic rings. The van der Waals surface area contributed by atoms with Crippen LogP contribution in [0.2, 0.25) is 0 Å². The lowest BCUT2D eigenvalue weighted by atomic mass is 9.84. The highest BCUT2D eigenvalue weighted by Crippen LogP contribution is 2.36. The number of nitrogens with zero attached hydrogens (tertiary/aromatic N) is 2. The molecule has 3 nitrogen and oxygen atoms in total. The monoisotopic (exact) mass is 221 g/mol. The normalized spacial score (nSPS) is 16.8. The zero-order valence-corrected chi connectivity index (χ0v) is 10.4. The summed E-state index contributed by atoms with van der Waals surface area (Å²) in [7, 11) is 0. The third kappa shape index (κ3) is 2.29. The summed E-state index contributed by atoms with van der Waals surface area (Å²) in [5.74, 6) is 2.03. The minimum atomic E-state index is 0.523.